The molecule has 0 bridgehead atoms. The highest BCUT2D eigenvalue weighted by molar-refractivity contribution is 6.31. The van der Waals surface area contributed by atoms with Crippen LogP contribution in [0.5, 0.6) is 0 Å². The average Bonchev–Trinajstić information content (AvgIpc) is 3.11. The summed E-state index contributed by atoms with van der Waals surface area (Å²) in [4.78, 5) is 14.7. The van der Waals surface area contributed by atoms with Crippen LogP contribution in [0.2, 0.25) is 5.02 Å². The Balaban J connectivity index is 1.71. The molecule has 1 aliphatic rings. The molecule has 0 unspecified atom stereocenters. The van der Waals surface area contributed by atoms with Crippen molar-refractivity contribution in [2.45, 2.75) is 45.6 Å². The molecule has 1 aliphatic heterocycles. The van der Waals surface area contributed by atoms with Gasteiger partial charge in [0.15, 0.2) is 0 Å². The minimum atomic E-state index is 0.147. The number of carbonyl (C=O) groups is 1. The van der Waals surface area contributed by atoms with Gasteiger partial charge in [-0.25, -0.2) is 0 Å². The first-order valence-electron chi connectivity index (χ1n) is 8.01. The third kappa shape index (κ3) is 3.42. The molecule has 1 saturated heterocycles. The van der Waals surface area contributed by atoms with Crippen LogP contribution in [0.25, 0.3) is 0 Å². The zero-order valence-electron chi connectivity index (χ0n) is 13.5. The van der Waals surface area contributed by atoms with E-state index >= 15 is 0 Å². The fourth-order valence-corrected chi connectivity index (χ4v) is 3.51. The van der Waals surface area contributed by atoms with Gasteiger partial charge in [-0.15, -0.1) is 0 Å². The van der Waals surface area contributed by atoms with Crippen LogP contribution < -0.4 is 0 Å². The van der Waals surface area contributed by atoms with Crippen molar-refractivity contribution in [3.8, 4) is 0 Å². The van der Waals surface area contributed by atoms with Gasteiger partial charge < -0.3 is 9.42 Å². The maximum Gasteiger partial charge on any atom is 0.227 e. The van der Waals surface area contributed by atoms with Gasteiger partial charge in [-0.3, -0.25) is 4.79 Å². The second-order valence-corrected chi connectivity index (χ2v) is 6.57. The maximum atomic E-state index is 12.7. The first-order chi connectivity index (χ1) is 11.1. The average molecular weight is 333 g/mol. The summed E-state index contributed by atoms with van der Waals surface area (Å²) in [7, 11) is 0. The highest BCUT2D eigenvalue weighted by atomic mass is 35.5. The van der Waals surface area contributed by atoms with Gasteiger partial charge in [0.05, 0.1) is 12.1 Å². The third-order valence-electron chi connectivity index (χ3n) is 4.62. The van der Waals surface area contributed by atoms with Crippen LogP contribution in [0, 0.1) is 13.8 Å². The van der Waals surface area contributed by atoms with Gasteiger partial charge in [-0.2, -0.15) is 0 Å². The van der Waals surface area contributed by atoms with Crippen molar-refractivity contribution < 1.29 is 9.32 Å². The molecule has 4 nitrogen and oxygen atoms in total. The molecule has 0 saturated carbocycles. The second kappa shape index (κ2) is 6.75. The van der Waals surface area contributed by atoms with Crippen molar-refractivity contribution in [1.82, 2.24) is 10.1 Å². The van der Waals surface area contributed by atoms with Crippen molar-refractivity contribution in [3.63, 3.8) is 0 Å². The molecule has 3 rings (SSSR count). The molecular weight excluding hydrogens is 312 g/mol. The van der Waals surface area contributed by atoms with Crippen molar-refractivity contribution in [2.75, 3.05) is 6.54 Å². The van der Waals surface area contributed by atoms with E-state index in [1.165, 1.54) is 0 Å². The summed E-state index contributed by atoms with van der Waals surface area (Å²) in [6.07, 6.45) is 3.24. The number of aryl methyl sites for hydroxylation is 2. The van der Waals surface area contributed by atoms with Crippen molar-refractivity contribution >= 4 is 17.5 Å². The smallest absolute Gasteiger partial charge is 0.227 e. The van der Waals surface area contributed by atoms with Crippen molar-refractivity contribution in [3.05, 3.63) is 51.9 Å². The van der Waals surface area contributed by atoms with E-state index in [-0.39, 0.29) is 11.9 Å². The number of hydrogen-bond donors (Lipinski definition) is 0. The van der Waals surface area contributed by atoms with E-state index < -0.39 is 0 Å². The summed E-state index contributed by atoms with van der Waals surface area (Å²) >= 11 is 6.26. The molecule has 1 amide bonds. The maximum absolute atomic E-state index is 12.7. The van der Waals surface area contributed by atoms with Gasteiger partial charge in [-0.1, -0.05) is 35.0 Å². The first kappa shape index (κ1) is 16.1. The molecule has 122 valence electrons. The fraction of sp³-hybridized carbons (Fsp3) is 0.444. The van der Waals surface area contributed by atoms with Gasteiger partial charge in [-0.05, 0) is 44.7 Å². The highest BCUT2D eigenvalue weighted by Gasteiger charge is 2.30. The fourth-order valence-electron chi connectivity index (χ4n) is 3.30. The van der Waals surface area contributed by atoms with E-state index in [1.54, 1.807) is 0 Å². The molecule has 1 fully saturated rings. The van der Waals surface area contributed by atoms with Gasteiger partial charge in [0, 0.05) is 23.2 Å². The van der Waals surface area contributed by atoms with Crippen LogP contribution in [0.1, 0.15) is 35.4 Å². The third-order valence-corrected chi connectivity index (χ3v) is 4.99. The lowest BCUT2D eigenvalue weighted by Gasteiger charge is -2.25. The number of hydrogen-bond acceptors (Lipinski definition) is 3. The Morgan fingerprint density at radius 2 is 2.17 bits per heavy atom. The summed E-state index contributed by atoms with van der Waals surface area (Å²) < 4.78 is 5.16. The van der Waals surface area contributed by atoms with E-state index in [0.717, 1.165) is 53.4 Å². The predicted molar refractivity (Wildman–Crippen MR) is 89.6 cm³/mol. The summed E-state index contributed by atoms with van der Waals surface area (Å²) in [6.45, 7) is 4.55. The summed E-state index contributed by atoms with van der Waals surface area (Å²) in [5.74, 6) is 0.881. The topological polar surface area (TPSA) is 46.3 Å². The highest BCUT2D eigenvalue weighted by Crippen LogP contribution is 2.26. The van der Waals surface area contributed by atoms with E-state index in [0.29, 0.717) is 6.42 Å². The lowest BCUT2D eigenvalue weighted by atomic mass is 10.0. The number of nitrogens with zero attached hydrogens (tertiary/aromatic N) is 2. The zero-order chi connectivity index (χ0) is 16.4. The molecule has 1 aromatic carbocycles. The van der Waals surface area contributed by atoms with Crippen LogP contribution in [0.3, 0.4) is 0 Å². The van der Waals surface area contributed by atoms with Crippen molar-refractivity contribution in [1.29, 1.82) is 0 Å². The number of halogens is 1. The van der Waals surface area contributed by atoms with Crippen LogP contribution in [-0.2, 0) is 17.6 Å². The minimum Gasteiger partial charge on any atom is -0.361 e. The number of likely N-dealkylation sites (tertiary alicyclic amines) is 1. The Kier molecular flexibility index (Phi) is 4.71. The van der Waals surface area contributed by atoms with Gasteiger partial charge in [0.2, 0.25) is 5.91 Å². The number of aromatic nitrogens is 1. The molecule has 2 aromatic rings. The van der Waals surface area contributed by atoms with Gasteiger partial charge >= 0.3 is 0 Å². The molecule has 1 atom stereocenters. The molecule has 1 aromatic heterocycles. The molecule has 0 spiro atoms. The van der Waals surface area contributed by atoms with E-state index in [9.17, 15) is 4.79 Å². The largest absolute Gasteiger partial charge is 0.361 e. The minimum absolute atomic E-state index is 0.147. The van der Waals surface area contributed by atoms with Crippen LogP contribution >= 0.6 is 11.6 Å². The molecular formula is C18H21ClN2O2. The Hall–Kier alpha value is -1.81. The Morgan fingerprint density at radius 3 is 2.87 bits per heavy atom. The lowest BCUT2D eigenvalue weighted by molar-refractivity contribution is -0.131. The second-order valence-electron chi connectivity index (χ2n) is 6.16. The summed E-state index contributed by atoms with van der Waals surface area (Å²) in [5.41, 5.74) is 2.83. The number of amides is 1. The number of carbonyl (C=O) groups excluding carboxylic acids is 1. The molecule has 0 aliphatic carbocycles. The molecule has 0 radical (unpaired) electrons. The molecule has 5 heteroatoms. The number of rotatable bonds is 4. The Bertz CT molecular complexity index is 691. The number of benzene rings is 1. The zero-order valence-corrected chi connectivity index (χ0v) is 14.3. The summed E-state index contributed by atoms with van der Waals surface area (Å²) in [6, 6.07) is 8.09. The van der Waals surface area contributed by atoms with Crippen LogP contribution in [0.4, 0.5) is 0 Å². The van der Waals surface area contributed by atoms with E-state index in [2.05, 4.69) is 5.16 Å². The quantitative estimate of drug-likeness (QED) is 0.857. The van der Waals surface area contributed by atoms with E-state index in [4.69, 9.17) is 16.1 Å². The van der Waals surface area contributed by atoms with Crippen LogP contribution in [-0.4, -0.2) is 28.6 Å². The Morgan fingerprint density at radius 1 is 1.39 bits per heavy atom. The lowest BCUT2D eigenvalue weighted by Crippen LogP contribution is -2.38. The predicted octanol–water partition coefficient (Wildman–Crippen LogP) is 3.72. The standard InChI is InChI=1S/C18H21ClN2O2/c1-12-16(13(2)23-20-12)11-18(22)21-9-5-7-15(21)10-14-6-3-4-8-17(14)19/h3-4,6,8,15H,5,7,9-11H2,1-2H3/t15-/m1/s1. The van der Waals surface area contributed by atoms with Gasteiger partial charge in [0.1, 0.15) is 5.76 Å². The summed E-state index contributed by atoms with van der Waals surface area (Å²) in [5, 5.41) is 4.71. The van der Waals surface area contributed by atoms with Gasteiger partial charge in [0.25, 0.3) is 0 Å². The van der Waals surface area contributed by atoms with Crippen molar-refractivity contribution in [2.24, 2.45) is 0 Å². The SMILES string of the molecule is Cc1noc(C)c1CC(=O)N1CCC[C@@H]1Cc1ccccc1Cl. The first-order valence-corrected chi connectivity index (χ1v) is 8.38. The normalized spacial score (nSPS) is 17.7. The molecule has 2 heterocycles. The molecule has 23 heavy (non-hydrogen) atoms. The molecule has 0 N–H and O–H groups in total. The van der Waals surface area contributed by atoms with Crippen LogP contribution in [0.15, 0.2) is 28.8 Å². The monoisotopic (exact) mass is 332 g/mol. The Labute approximate surface area is 141 Å². The van der Waals surface area contributed by atoms with E-state index in [1.807, 2.05) is 43.0 Å².